The quantitative estimate of drug-likeness (QED) is 0.798. The number of aromatic nitrogens is 2. The van der Waals surface area contributed by atoms with Gasteiger partial charge in [0.25, 0.3) is 0 Å². The molecule has 0 aliphatic heterocycles. The van der Waals surface area contributed by atoms with Crippen molar-refractivity contribution in [3.8, 4) is 11.3 Å². The third-order valence-corrected chi connectivity index (χ3v) is 3.96. The van der Waals surface area contributed by atoms with Crippen LogP contribution < -0.4 is 5.73 Å². The molecule has 3 aromatic rings. The molecule has 0 amide bonds. The van der Waals surface area contributed by atoms with Crippen LogP contribution in [-0.2, 0) is 13.0 Å². The van der Waals surface area contributed by atoms with Gasteiger partial charge in [-0.05, 0) is 17.2 Å². The number of hydrogen-bond acceptors (Lipinski definition) is 4. The minimum atomic E-state index is 0.573. The van der Waals surface area contributed by atoms with Gasteiger partial charge in [-0.25, -0.2) is 4.98 Å². The number of benzene rings is 1. The largest absolute Gasteiger partial charge is 0.326 e. The van der Waals surface area contributed by atoms with Crippen LogP contribution in [0.1, 0.15) is 16.1 Å². The molecule has 100 valence electrons. The monoisotopic (exact) mass is 281 g/mol. The molecule has 0 atom stereocenters. The van der Waals surface area contributed by atoms with Crippen molar-refractivity contribution in [2.75, 3.05) is 0 Å². The van der Waals surface area contributed by atoms with Crippen LogP contribution in [0.3, 0.4) is 0 Å². The summed E-state index contributed by atoms with van der Waals surface area (Å²) >= 11 is 1.69. The van der Waals surface area contributed by atoms with Crippen molar-refractivity contribution in [1.82, 2.24) is 9.97 Å². The molecular weight excluding hydrogens is 266 g/mol. The number of nitrogens with zero attached hydrogens (tertiary/aromatic N) is 2. The molecule has 20 heavy (non-hydrogen) atoms. The maximum atomic E-state index is 5.61. The molecule has 0 saturated heterocycles. The van der Waals surface area contributed by atoms with Crippen LogP contribution in [0.5, 0.6) is 0 Å². The van der Waals surface area contributed by atoms with Gasteiger partial charge in [-0.3, -0.25) is 4.98 Å². The van der Waals surface area contributed by atoms with Crippen molar-refractivity contribution in [1.29, 1.82) is 0 Å². The lowest BCUT2D eigenvalue weighted by Crippen LogP contribution is -1.95. The van der Waals surface area contributed by atoms with E-state index >= 15 is 0 Å². The fraction of sp³-hybridized carbons (Fsp3) is 0.125. The van der Waals surface area contributed by atoms with Gasteiger partial charge in [0.2, 0.25) is 0 Å². The van der Waals surface area contributed by atoms with Crippen LogP contribution in [-0.4, -0.2) is 9.97 Å². The highest BCUT2D eigenvalue weighted by Gasteiger charge is 2.05. The Bertz CT molecular complexity index is 674. The molecule has 4 heteroatoms. The molecule has 2 aromatic heterocycles. The predicted molar refractivity (Wildman–Crippen MR) is 82.5 cm³/mol. The van der Waals surface area contributed by atoms with E-state index in [0.29, 0.717) is 6.54 Å². The van der Waals surface area contributed by atoms with Gasteiger partial charge in [-0.15, -0.1) is 11.3 Å². The molecule has 1 aromatic carbocycles. The fourth-order valence-electron chi connectivity index (χ4n) is 2.01. The van der Waals surface area contributed by atoms with Crippen molar-refractivity contribution in [2.24, 2.45) is 5.73 Å². The molecule has 0 saturated carbocycles. The Morgan fingerprint density at radius 1 is 1.05 bits per heavy atom. The Labute approximate surface area is 122 Å². The summed E-state index contributed by atoms with van der Waals surface area (Å²) in [5.41, 5.74) is 10.1. The van der Waals surface area contributed by atoms with E-state index in [1.807, 2.05) is 12.3 Å². The molecule has 2 heterocycles. The van der Waals surface area contributed by atoms with Crippen LogP contribution in [0.15, 0.2) is 54.2 Å². The Balaban J connectivity index is 1.79. The van der Waals surface area contributed by atoms with Crippen LogP contribution in [0.4, 0.5) is 0 Å². The highest BCUT2D eigenvalue weighted by molar-refractivity contribution is 7.10. The van der Waals surface area contributed by atoms with Crippen molar-refractivity contribution >= 4 is 11.3 Å². The van der Waals surface area contributed by atoms with Crippen molar-refractivity contribution in [3.63, 3.8) is 0 Å². The lowest BCUT2D eigenvalue weighted by atomic mass is 10.1. The highest BCUT2D eigenvalue weighted by atomic mass is 32.1. The number of nitrogens with two attached hydrogens (primary N) is 1. The topological polar surface area (TPSA) is 51.8 Å². The predicted octanol–water partition coefficient (Wildman–Crippen LogP) is 3.25. The number of pyridine rings is 1. The van der Waals surface area contributed by atoms with E-state index in [4.69, 9.17) is 10.7 Å². The summed E-state index contributed by atoms with van der Waals surface area (Å²) in [4.78, 5) is 8.82. The first-order chi connectivity index (χ1) is 9.85. The number of rotatable bonds is 4. The summed E-state index contributed by atoms with van der Waals surface area (Å²) < 4.78 is 0. The van der Waals surface area contributed by atoms with E-state index in [0.717, 1.165) is 28.2 Å². The molecule has 0 radical (unpaired) electrons. The second-order valence-corrected chi connectivity index (χ2v) is 5.51. The zero-order valence-corrected chi connectivity index (χ0v) is 11.8. The van der Waals surface area contributed by atoms with Gasteiger partial charge in [-0.2, -0.15) is 0 Å². The highest BCUT2D eigenvalue weighted by Crippen LogP contribution is 2.23. The lowest BCUT2D eigenvalue weighted by Gasteiger charge is -1.99. The normalized spacial score (nSPS) is 10.7. The number of hydrogen-bond donors (Lipinski definition) is 1. The summed E-state index contributed by atoms with van der Waals surface area (Å²) in [7, 11) is 0. The van der Waals surface area contributed by atoms with Crippen molar-refractivity contribution < 1.29 is 0 Å². The van der Waals surface area contributed by atoms with Gasteiger partial charge in [0.05, 0.1) is 10.7 Å². The minimum absolute atomic E-state index is 0.573. The first-order valence-electron chi connectivity index (χ1n) is 6.48. The second kappa shape index (κ2) is 5.94. The average Bonchev–Trinajstić information content (AvgIpc) is 2.97. The van der Waals surface area contributed by atoms with E-state index in [9.17, 15) is 0 Å². The molecule has 0 bridgehead atoms. The van der Waals surface area contributed by atoms with Gasteiger partial charge in [0.1, 0.15) is 0 Å². The number of thiazole rings is 1. The molecule has 0 aliphatic carbocycles. The van der Waals surface area contributed by atoms with Gasteiger partial charge in [0, 0.05) is 36.3 Å². The molecule has 0 aliphatic rings. The summed E-state index contributed by atoms with van der Waals surface area (Å²) in [6.45, 7) is 0.573. The molecule has 2 N–H and O–H groups in total. The van der Waals surface area contributed by atoms with Crippen LogP contribution in [0.25, 0.3) is 11.3 Å². The summed E-state index contributed by atoms with van der Waals surface area (Å²) in [5, 5.41) is 3.21. The standard InChI is InChI=1S/C16H15N3S/c17-9-12-3-5-14(6-4-12)15-11-20-16(19-15)8-13-2-1-7-18-10-13/h1-7,10-11H,8-9,17H2. The third kappa shape index (κ3) is 2.92. The molecule has 0 fully saturated rings. The van der Waals surface area contributed by atoms with Crippen molar-refractivity contribution in [3.05, 3.63) is 70.3 Å². The Hall–Kier alpha value is -2.04. The first kappa shape index (κ1) is 13.0. The van der Waals surface area contributed by atoms with Gasteiger partial charge < -0.3 is 5.73 Å². The summed E-state index contributed by atoms with van der Waals surface area (Å²) in [6.07, 6.45) is 4.51. The van der Waals surface area contributed by atoms with E-state index in [1.54, 1.807) is 17.5 Å². The molecule has 0 spiro atoms. The van der Waals surface area contributed by atoms with Gasteiger partial charge in [0.15, 0.2) is 0 Å². The SMILES string of the molecule is NCc1ccc(-c2csc(Cc3cccnc3)n2)cc1. The van der Waals surface area contributed by atoms with Gasteiger partial charge >= 0.3 is 0 Å². The van der Waals surface area contributed by atoms with E-state index < -0.39 is 0 Å². The fourth-order valence-corrected chi connectivity index (χ4v) is 2.85. The Morgan fingerprint density at radius 3 is 2.60 bits per heavy atom. The van der Waals surface area contributed by atoms with Crippen LogP contribution >= 0.6 is 11.3 Å². The zero-order valence-electron chi connectivity index (χ0n) is 11.0. The summed E-state index contributed by atoms with van der Waals surface area (Å²) in [5.74, 6) is 0. The molecule has 3 rings (SSSR count). The van der Waals surface area contributed by atoms with E-state index in [2.05, 4.69) is 40.7 Å². The Kier molecular flexibility index (Phi) is 3.85. The molecule has 3 nitrogen and oxygen atoms in total. The van der Waals surface area contributed by atoms with E-state index in [1.165, 1.54) is 5.56 Å². The van der Waals surface area contributed by atoms with Gasteiger partial charge in [-0.1, -0.05) is 30.3 Å². The maximum Gasteiger partial charge on any atom is 0.0977 e. The van der Waals surface area contributed by atoms with Crippen LogP contribution in [0.2, 0.25) is 0 Å². The second-order valence-electron chi connectivity index (χ2n) is 4.57. The van der Waals surface area contributed by atoms with Crippen molar-refractivity contribution in [2.45, 2.75) is 13.0 Å². The summed E-state index contributed by atoms with van der Waals surface area (Å²) in [6, 6.07) is 12.3. The lowest BCUT2D eigenvalue weighted by molar-refractivity contribution is 1.07. The maximum absolute atomic E-state index is 5.61. The average molecular weight is 281 g/mol. The molecular formula is C16H15N3S. The minimum Gasteiger partial charge on any atom is -0.326 e. The smallest absolute Gasteiger partial charge is 0.0977 e. The third-order valence-electron chi connectivity index (χ3n) is 3.12. The first-order valence-corrected chi connectivity index (χ1v) is 7.36. The molecule has 0 unspecified atom stereocenters. The van der Waals surface area contributed by atoms with Crippen LogP contribution in [0, 0.1) is 0 Å². The van der Waals surface area contributed by atoms with E-state index in [-0.39, 0.29) is 0 Å². The zero-order chi connectivity index (χ0) is 13.8. The Morgan fingerprint density at radius 2 is 1.90 bits per heavy atom.